The van der Waals surface area contributed by atoms with Gasteiger partial charge in [-0.3, -0.25) is 4.79 Å². The van der Waals surface area contributed by atoms with E-state index in [1.165, 1.54) is 0 Å². The largest absolute Gasteiger partial charge is 0.339 e. The van der Waals surface area contributed by atoms with Crippen LogP contribution in [0.25, 0.3) is 0 Å². The van der Waals surface area contributed by atoms with Gasteiger partial charge in [-0.2, -0.15) is 0 Å². The van der Waals surface area contributed by atoms with Crippen molar-refractivity contribution in [3.8, 4) is 0 Å². The Morgan fingerprint density at radius 3 is 1.75 bits per heavy atom. The summed E-state index contributed by atoms with van der Waals surface area (Å²) < 4.78 is 24.6. The van der Waals surface area contributed by atoms with E-state index >= 15 is 0 Å². The SMILES string of the molecule is O=C(CF)NC(C(Cl)(Cl)Cl)P(=O)(c1ccccc1)c1ccccc1. The number of hydrogen-bond acceptors (Lipinski definition) is 2. The summed E-state index contributed by atoms with van der Waals surface area (Å²) >= 11 is 18.0. The molecule has 0 aliphatic rings. The molecule has 0 heterocycles. The number of rotatable bonds is 5. The number of carbonyl (C=O) groups excluding carboxylic acids is 1. The lowest BCUT2D eigenvalue weighted by molar-refractivity contribution is -0.122. The van der Waals surface area contributed by atoms with Crippen LogP contribution in [0.3, 0.4) is 0 Å². The van der Waals surface area contributed by atoms with Crippen LogP contribution in [0.15, 0.2) is 60.7 Å². The average molecular weight is 409 g/mol. The first-order valence-electron chi connectivity index (χ1n) is 6.93. The quantitative estimate of drug-likeness (QED) is 0.604. The predicted molar refractivity (Wildman–Crippen MR) is 98.0 cm³/mol. The third-order valence-electron chi connectivity index (χ3n) is 3.37. The van der Waals surface area contributed by atoms with Crippen molar-refractivity contribution in [1.82, 2.24) is 5.32 Å². The van der Waals surface area contributed by atoms with E-state index in [0.717, 1.165) is 0 Å². The number of nitrogens with one attached hydrogen (secondary N) is 1. The van der Waals surface area contributed by atoms with Crippen molar-refractivity contribution in [3.63, 3.8) is 0 Å². The maximum atomic E-state index is 14.0. The van der Waals surface area contributed by atoms with Gasteiger partial charge in [-0.1, -0.05) is 95.5 Å². The van der Waals surface area contributed by atoms with Gasteiger partial charge in [0.2, 0.25) is 3.79 Å². The van der Waals surface area contributed by atoms with Gasteiger partial charge in [0.05, 0.1) is 0 Å². The zero-order valence-corrected chi connectivity index (χ0v) is 15.5. The van der Waals surface area contributed by atoms with Gasteiger partial charge in [0, 0.05) is 10.6 Å². The lowest BCUT2D eigenvalue weighted by atomic mass is 10.4. The topological polar surface area (TPSA) is 46.2 Å². The molecule has 0 saturated heterocycles. The summed E-state index contributed by atoms with van der Waals surface area (Å²) in [5.74, 6) is -2.42. The normalized spacial score (nSPS) is 13.3. The van der Waals surface area contributed by atoms with Crippen LogP contribution in [0.2, 0.25) is 0 Å². The number of hydrogen-bond donors (Lipinski definition) is 1. The Morgan fingerprint density at radius 1 is 1.00 bits per heavy atom. The predicted octanol–water partition coefficient (Wildman–Crippen LogP) is 3.78. The van der Waals surface area contributed by atoms with Crippen LogP contribution in [0.5, 0.6) is 0 Å². The number of halogens is 4. The molecular weight excluding hydrogens is 395 g/mol. The molecule has 0 fully saturated rings. The molecule has 24 heavy (non-hydrogen) atoms. The Bertz CT molecular complexity index is 694. The summed E-state index contributed by atoms with van der Waals surface area (Å²) in [5.41, 5.74) is 0. The maximum absolute atomic E-state index is 14.0. The molecule has 0 spiro atoms. The molecule has 128 valence electrons. The lowest BCUT2D eigenvalue weighted by Gasteiger charge is -2.33. The van der Waals surface area contributed by atoms with Gasteiger partial charge < -0.3 is 9.88 Å². The molecule has 0 bridgehead atoms. The molecule has 0 aliphatic carbocycles. The van der Waals surface area contributed by atoms with E-state index in [9.17, 15) is 13.8 Å². The second-order valence-corrected chi connectivity index (χ2v) is 10.2. The minimum Gasteiger partial charge on any atom is -0.339 e. The third-order valence-corrected chi connectivity index (χ3v) is 7.86. The fourth-order valence-corrected chi connectivity index (χ4v) is 6.58. The Kier molecular flexibility index (Phi) is 6.33. The van der Waals surface area contributed by atoms with Crippen molar-refractivity contribution in [2.75, 3.05) is 6.67 Å². The molecule has 2 aromatic rings. The van der Waals surface area contributed by atoms with Crippen molar-refractivity contribution in [3.05, 3.63) is 60.7 Å². The molecule has 1 amide bonds. The van der Waals surface area contributed by atoms with Gasteiger partial charge in [0.25, 0.3) is 5.91 Å². The number of benzene rings is 2. The molecule has 1 atom stereocenters. The zero-order valence-electron chi connectivity index (χ0n) is 12.3. The van der Waals surface area contributed by atoms with Crippen molar-refractivity contribution < 1.29 is 13.8 Å². The highest BCUT2D eigenvalue weighted by Crippen LogP contribution is 2.55. The van der Waals surface area contributed by atoms with Crippen LogP contribution in [-0.4, -0.2) is 22.2 Å². The highest BCUT2D eigenvalue weighted by molar-refractivity contribution is 7.79. The van der Waals surface area contributed by atoms with Gasteiger partial charge in [0.1, 0.15) is 5.78 Å². The first-order chi connectivity index (χ1) is 11.3. The number of alkyl halides is 4. The first-order valence-corrected chi connectivity index (χ1v) is 9.84. The first kappa shape index (κ1) is 19.3. The Morgan fingerprint density at radius 2 is 1.42 bits per heavy atom. The monoisotopic (exact) mass is 407 g/mol. The summed E-state index contributed by atoms with van der Waals surface area (Å²) in [6.07, 6.45) is 0. The van der Waals surface area contributed by atoms with Crippen LogP contribution in [0.4, 0.5) is 4.39 Å². The van der Waals surface area contributed by atoms with E-state index in [-0.39, 0.29) is 0 Å². The van der Waals surface area contributed by atoms with Crippen LogP contribution in [0.1, 0.15) is 0 Å². The second kappa shape index (κ2) is 7.88. The van der Waals surface area contributed by atoms with Gasteiger partial charge in [-0.15, -0.1) is 0 Å². The van der Waals surface area contributed by atoms with E-state index in [1.807, 2.05) is 0 Å². The highest BCUT2D eigenvalue weighted by Gasteiger charge is 2.49. The molecule has 0 aromatic heterocycles. The molecule has 2 rings (SSSR count). The molecule has 1 N–H and O–H groups in total. The van der Waals surface area contributed by atoms with E-state index in [0.29, 0.717) is 10.6 Å². The molecule has 2 aromatic carbocycles. The molecule has 3 nitrogen and oxygen atoms in total. The van der Waals surface area contributed by atoms with Gasteiger partial charge >= 0.3 is 0 Å². The van der Waals surface area contributed by atoms with Crippen molar-refractivity contribution in [2.24, 2.45) is 0 Å². The minimum atomic E-state index is -3.62. The molecular formula is C16H14Cl3FNO2P. The second-order valence-electron chi connectivity index (χ2n) is 4.97. The fraction of sp³-hybridized carbons (Fsp3) is 0.188. The van der Waals surface area contributed by atoms with Crippen molar-refractivity contribution in [2.45, 2.75) is 9.58 Å². The van der Waals surface area contributed by atoms with E-state index in [1.54, 1.807) is 60.7 Å². The van der Waals surface area contributed by atoms with Crippen LogP contribution < -0.4 is 15.9 Å². The van der Waals surface area contributed by atoms with Gasteiger partial charge in [-0.05, 0) is 0 Å². The van der Waals surface area contributed by atoms with E-state index in [2.05, 4.69) is 5.32 Å². The van der Waals surface area contributed by atoms with Crippen LogP contribution >= 0.6 is 41.9 Å². The zero-order chi connectivity index (χ0) is 17.8. The Labute approximate surface area is 154 Å². The molecule has 0 radical (unpaired) electrons. The summed E-state index contributed by atoms with van der Waals surface area (Å²) in [5, 5.41) is 3.06. The standard InChI is InChI=1S/C16H14Cl3FNO2P/c17-16(18,19)15(21-14(22)11-20)24(23,12-7-3-1-4-8-12)13-9-5-2-6-10-13/h1-10,15H,11H2,(H,21,22). The minimum absolute atomic E-state index is 0.395. The van der Waals surface area contributed by atoms with Gasteiger partial charge in [-0.25, -0.2) is 4.39 Å². The smallest absolute Gasteiger partial charge is 0.252 e. The van der Waals surface area contributed by atoms with E-state index < -0.39 is 29.3 Å². The van der Waals surface area contributed by atoms with E-state index in [4.69, 9.17) is 34.8 Å². The Balaban J connectivity index is 2.68. The number of amides is 1. The average Bonchev–Trinajstić information content (AvgIpc) is 2.59. The van der Waals surface area contributed by atoms with Crippen LogP contribution in [0, 0.1) is 0 Å². The van der Waals surface area contributed by atoms with Crippen molar-refractivity contribution >= 4 is 58.5 Å². The van der Waals surface area contributed by atoms with Crippen LogP contribution in [-0.2, 0) is 9.36 Å². The summed E-state index contributed by atoms with van der Waals surface area (Å²) in [6, 6.07) is 16.8. The molecule has 0 saturated carbocycles. The van der Waals surface area contributed by atoms with Crippen molar-refractivity contribution in [1.29, 1.82) is 0 Å². The molecule has 0 aliphatic heterocycles. The highest BCUT2D eigenvalue weighted by atomic mass is 35.6. The Hall–Kier alpha value is -1.06. The third kappa shape index (κ3) is 4.12. The molecule has 8 heteroatoms. The fourth-order valence-electron chi connectivity index (χ4n) is 2.32. The van der Waals surface area contributed by atoms with Gasteiger partial charge in [0.15, 0.2) is 13.8 Å². The molecule has 1 unspecified atom stereocenters. The number of carbonyl (C=O) groups is 1. The summed E-state index contributed by atoms with van der Waals surface area (Å²) in [7, 11) is -3.62. The summed E-state index contributed by atoms with van der Waals surface area (Å²) in [6.45, 7) is -1.30. The summed E-state index contributed by atoms with van der Waals surface area (Å²) in [4.78, 5) is 11.6. The maximum Gasteiger partial charge on any atom is 0.252 e. The lowest BCUT2D eigenvalue weighted by Crippen LogP contribution is -2.48.